The molecule has 3 heteroatoms. The summed E-state index contributed by atoms with van der Waals surface area (Å²) in [6.07, 6.45) is 0. The van der Waals surface area contributed by atoms with Gasteiger partial charge in [0.15, 0.2) is 5.82 Å². The van der Waals surface area contributed by atoms with Crippen molar-refractivity contribution in [3.8, 4) is 11.4 Å². The van der Waals surface area contributed by atoms with Gasteiger partial charge in [0.2, 0.25) is 0 Å². The molecule has 0 radical (unpaired) electrons. The van der Waals surface area contributed by atoms with Gasteiger partial charge in [-0.3, -0.25) is 0 Å². The molecular weight excluding hydrogens is 234 g/mol. The number of benzene rings is 2. The lowest BCUT2D eigenvalue weighted by atomic mass is 10.2. The Morgan fingerprint density at radius 2 is 1.47 bits per heavy atom. The zero-order valence-corrected chi connectivity index (χ0v) is 11.0. The third-order valence-corrected chi connectivity index (χ3v) is 3.04. The van der Waals surface area contributed by atoms with E-state index in [4.69, 9.17) is 0 Å². The molecule has 1 aromatic heterocycles. The molecule has 0 bridgehead atoms. The maximum Gasteiger partial charge on any atom is 0.162 e. The molecule has 0 aliphatic rings. The van der Waals surface area contributed by atoms with E-state index in [0.717, 1.165) is 28.1 Å². The van der Waals surface area contributed by atoms with E-state index in [2.05, 4.69) is 16.0 Å². The lowest BCUT2D eigenvalue weighted by molar-refractivity contribution is 1.07. The van der Waals surface area contributed by atoms with Crippen molar-refractivity contribution in [1.82, 2.24) is 9.97 Å². The molecule has 0 N–H and O–H groups in total. The summed E-state index contributed by atoms with van der Waals surface area (Å²) in [6.45, 7) is 0. The molecule has 0 saturated heterocycles. The number of fused-ring (bicyclic) bond motifs is 1. The molecule has 1 heterocycles. The van der Waals surface area contributed by atoms with Crippen molar-refractivity contribution in [2.45, 2.75) is 0 Å². The Labute approximate surface area is 112 Å². The molecule has 0 aliphatic carbocycles. The summed E-state index contributed by atoms with van der Waals surface area (Å²) in [5.41, 5.74) is 2.01. The Bertz CT molecular complexity index is 706. The van der Waals surface area contributed by atoms with E-state index in [1.165, 1.54) is 0 Å². The van der Waals surface area contributed by atoms with Crippen LogP contribution in [0.15, 0.2) is 54.6 Å². The quantitative estimate of drug-likeness (QED) is 0.697. The van der Waals surface area contributed by atoms with Gasteiger partial charge in [-0.2, -0.15) is 0 Å². The van der Waals surface area contributed by atoms with Gasteiger partial charge in [-0.05, 0) is 12.1 Å². The van der Waals surface area contributed by atoms with Gasteiger partial charge in [-0.15, -0.1) is 0 Å². The number of aromatic nitrogens is 2. The Morgan fingerprint density at radius 3 is 2.21 bits per heavy atom. The van der Waals surface area contributed by atoms with E-state index in [1.54, 1.807) is 0 Å². The monoisotopic (exact) mass is 249 g/mol. The average molecular weight is 249 g/mol. The fraction of sp³-hybridized carbons (Fsp3) is 0.125. The summed E-state index contributed by atoms with van der Waals surface area (Å²) in [5, 5.41) is 1.08. The van der Waals surface area contributed by atoms with Crippen molar-refractivity contribution in [2.75, 3.05) is 19.0 Å². The Hall–Kier alpha value is -2.42. The first kappa shape index (κ1) is 11.7. The van der Waals surface area contributed by atoms with Gasteiger partial charge in [0.25, 0.3) is 0 Å². The van der Waals surface area contributed by atoms with Crippen molar-refractivity contribution in [3.63, 3.8) is 0 Å². The second-order valence-corrected chi connectivity index (χ2v) is 4.65. The molecule has 3 aromatic rings. The zero-order valence-electron chi connectivity index (χ0n) is 11.0. The van der Waals surface area contributed by atoms with E-state index < -0.39 is 0 Å². The van der Waals surface area contributed by atoms with Crippen LogP contribution in [0.1, 0.15) is 0 Å². The van der Waals surface area contributed by atoms with Crippen LogP contribution in [0, 0.1) is 0 Å². The maximum atomic E-state index is 4.69. The molecule has 2 aromatic carbocycles. The van der Waals surface area contributed by atoms with Crippen LogP contribution in [0.3, 0.4) is 0 Å². The third kappa shape index (κ3) is 2.15. The van der Waals surface area contributed by atoms with Crippen LogP contribution in [0.5, 0.6) is 0 Å². The normalized spacial score (nSPS) is 10.6. The summed E-state index contributed by atoms with van der Waals surface area (Å²) >= 11 is 0. The van der Waals surface area contributed by atoms with Crippen LogP contribution in [-0.2, 0) is 0 Å². The van der Waals surface area contributed by atoms with Crippen LogP contribution in [-0.4, -0.2) is 24.1 Å². The first-order chi connectivity index (χ1) is 9.25. The summed E-state index contributed by atoms with van der Waals surface area (Å²) < 4.78 is 0. The van der Waals surface area contributed by atoms with Crippen molar-refractivity contribution in [1.29, 1.82) is 0 Å². The Morgan fingerprint density at radius 1 is 0.789 bits per heavy atom. The van der Waals surface area contributed by atoms with E-state index in [-0.39, 0.29) is 0 Å². The predicted octanol–water partition coefficient (Wildman–Crippen LogP) is 3.36. The molecule has 0 aliphatic heterocycles. The second-order valence-electron chi connectivity index (χ2n) is 4.65. The predicted molar refractivity (Wildman–Crippen MR) is 79.3 cm³/mol. The molecular formula is C16H15N3. The first-order valence-corrected chi connectivity index (χ1v) is 6.25. The standard InChI is InChI=1S/C16H15N3/c1-19(2)16-13-10-6-7-11-14(13)17-15(18-16)12-8-4-3-5-9-12/h3-11H,1-2H3. The topological polar surface area (TPSA) is 29.0 Å². The van der Waals surface area contributed by atoms with Gasteiger partial charge in [0.1, 0.15) is 5.82 Å². The third-order valence-electron chi connectivity index (χ3n) is 3.04. The first-order valence-electron chi connectivity index (χ1n) is 6.25. The number of rotatable bonds is 2. The molecule has 19 heavy (non-hydrogen) atoms. The van der Waals surface area contributed by atoms with Gasteiger partial charge in [0.05, 0.1) is 5.52 Å². The van der Waals surface area contributed by atoms with E-state index in [1.807, 2.05) is 67.5 Å². The van der Waals surface area contributed by atoms with Gasteiger partial charge in [-0.25, -0.2) is 9.97 Å². The summed E-state index contributed by atoms with van der Waals surface area (Å²) in [6, 6.07) is 18.2. The highest BCUT2D eigenvalue weighted by atomic mass is 15.2. The summed E-state index contributed by atoms with van der Waals surface area (Å²) in [5.74, 6) is 1.72. The number of nitrogens with zero attached hydrogens (tertiary/aromatic N) is 3. The van der Waals surface area contributed by atoms with Crippen LogP contribution in [0.25, 0.3) is 22.3 Å². The van der Waals surface area contributed by atoms with E-state index >= 15 is 0 Å². The molecule has 3 rings (SSSR count). The second kappa shape index (κ2) is 4.69. The molecule has 0 unspecified atom stereocenters. The largest absolute Gasteiger partial charge is 0.362 e. The average Bonchev–Trinajstić information content (AvgIpc) is 2.47. The van der Waals surface area contributed by atoms with Crippen molar-refractivity contribution < 1.29 is 0 Å². The highest BCUT2D eigenvalue weighted by Gasteiger charge is 2.09. The number of hydrogen-bond acceptors (Lipinski definition) is 3. The Kier molecular flexibility index (Phi) is 2.88. The molecule has 3 nitrogen and oxygen atoms in total. The van der Waals surface area contributed by atoms with Crippen molar-refractivity contribution in [2.24, 2.45) is 0 Å². The van der Waals surface area contributed by atoms with Crippen LogP contribution >= 0.6 is 0 Å². The highest BCUT2D eigenvalue weighted by Crippen LogP contribution is 2.25. The minimum Gasteiger partial charge on any atom is -0.362 e. The van der Waals surface area contributed by atoms with Gasteiger partial charge in [0, 0.05) is 25.0 Å². The number of anilines is 1. The van der Waals surface area contributed by atoms with Gasteiger partial charge in [-0.1, -0.05) is 42.5 Å². The van der Waals surface area contributed by atoms with E-state index in [0.29, 0.717) is 0 Å². The minimum atomic E-state index is 0.767. The SMILES string of the molecule is CN(C)c1nc(-c2ccccc2)nc2ccccc12. The van der Waals surface area contributed by atoms with Crippen molar-refractivity contribution >= 4 is 16.7 Å². The minimum absolute atomic E-state index is 0.767. The van der Waals surface area contributed by atoms with Gasteiger partial charge >= 0.3 is 0 Å². The molecule has 94 valence electrons. The Balaban J connectivity index is 2.28. The van der Waals surface area contributed by atoms with E-state index in [9.17, 15) is 0 Å². The van der Waals surface area contributed by atoms with Crippen LogP contribution < -0.4 is 4.90 Å². The van der Waals surface area contributed by atoms with Crippen LogP contribution in [0.2, 0.25) is 0 Å². The molecule has 0 spiro atoms. The summed E-state index contributed by atoms with van der Waals surface area (Å²) in [4.78, 5) is 11.4. The highest BCUT2D eigenvalue weighted by molar-refractivity contribution is 5.90. The van der Waals surface area contributed by atoms with Gasteiger partial charge < -0.3 is 4.90 Å². The molecule has 0 fully saturated rings. The summed E-state index contributed by atoms with van der Waals surface area (Å²) in [7, 11) is 4.01. The lowest BCUT2D eigenvalue weighted by Crippen LogP contribution is -2.12. The number of para-hydroxylation sites is 1. The zero-order chi connectivity index (χ0) is 13.2. The molecule has 0 amide bonds. The fourth-order valence-corrected chi connectivity index (χ4v) is 2.12. The molecule has 0 atom stereocenters. The molecule has 0 saturated carbocycles. The fourth-order valence-electron chi connectivity index (χ4n) is 2.12. The van der Waals surface area contributed by atoms with Crippen LogP contribution in [0.4, 0.5) is 5.82 Å². The number of hydrogen-bond donors (Lipinski definition) is 0. The smallest absolute Gasteiger partial charge is 0.162 e. The van der Waals surface area contributed by atoms with Crippen molar-refractivity contribution in [3.05, 3.63) is 54.6 Å². The maximum absolute atomic E-state index is 4.69. The lowest BCUT2D eigenvalue weighted by Gasteiger charge is -2.15.